The highest BCUT2D eigenvalue weighted by atomic mass is 19.1. The van der Waals surface area contributed by atoms with E-state index >= 15 is 0 Å². The molecule has 0 bridgehead atoms. The number of hydrogen-bond donors (Lipinski definition) is 0. The van der Waals surface area contributed by atoms with Gasteiger partial charge in [-0.05, 0) is 42.5 Å². The summed E-state index contributed by atoms with van der Waals surface area (Å²) in [4.78, 5) is 14.7. The smallest absolute Gasteiger partial charge is 0.225 e. The first-order valence-corrected chi connectivity index (χ1v) is 8.82. The first kappa shape index (κ1) is 16.3. The largest absolute Gasteiger partial charge is 0.373 e. The second-order valence-corrected chi connectivity index (χ2v) is 6.93. The van der Waals surface area contributed by atoms with Gasteiger partial charge in [0, 0.05) is 31.4 Å². The van der Waals surface area contributed by atoms with Gasteiger partial charge in [-0.3, -0.25) is 9.48 Å². The maximum Gasteiger partial charge on any atom is 0.225 e. The zero-order chi connectivity index (χ0) is 17.2. The van der Waals surface area contributed by atoms with Crippen molar-refractivity contribution >= 4 is 5.91 Å². The lowest BCUT2D eigenvalue weighted by Crippen LogP contribution is -2.50. The molecule has 1 saturated carbocycles. The molecule has 132 valence electrons. The normalized spacial score (nSPS) is 26.3. The molecule has 2 heterocycles. The molecule has 1 aromatic heterocycles. The Labute approximate surface area is 146 Å². The van der Waals surface area contributed by atoms with Crippen LogP contribution in [0.25, 0.3) is 0 Å². The minimum absolute atomic E-state index is 0.0170. The lowest BCUT2D eigenvalue weighted by Gasteiger charge is -2.40. The number of nitrogens with zero attached hydrogens (tertiary/aromatic N) is 3. The maximum absolute atomic E-state index is 13.3. The lowest BCUT2D eigenvalue weighted by atomic mass is 9.70. The molecule has 5 nitrogen and oxygen atoms in total. The molecular weight excluding hydrogens is 321 g/mol. The standard InChI is InChI=1S/C19H22FN3O2/c20-17-4-1-3-14(11-17)15-9-16(10-15)19(24)22-7-8-25-18(12-22)13-23-6-2-5-21-23/h1-6,11,15-16,18H,7-10,12-13H2. The Morgan fingerprint density at radius 1 is 1.32 bits per heavy atom. The van der Waals surface area contributed by atoms with E-state index in [-0.39, 0.29) is 23.7 Å². The monoisotopic (exact) mass is 343 g/mol. The Bertz CT molecular complexity index is 728. The summed E-state index contributed by atoms with van der Waals surface area (Å²) in [5.41, 5.74) is 1.00. The Morgan fingerprint density at radius 3 is 2.96 bits per heavy atom. The number of amides is 1. The van der Waals surface area contributed by atoms with Crippen molar-refractivity contribution in [2.45, 2.75) is 31.4 Å². The molecule has 0 N–H and O–H groups in total. The Kier molecular flexibility index (Phi) is 4.53. The van der Waals surface area contributed by atoms with Crippen LogP contribution in [0, 0.1) is 11.7 Å². The van der Waals surface area contributed by atoms with E-state index < -0.39 is 0 Å². The van der Waals surface area contributed by atoms with Crippen molar-refractivity contribution in [3.8, 4) is 0 Å². The number of morpholine rings is 1. The van der Waals surface area contributed by atoms with Crippen LogP contribution in [0.3, 0.4) is 0 Å². The van der Waals surface area contributed by atoms with Crippen LogP contribution in [-0.4, -0.2) is 46.4 Å². The van der Waals surface area contributed by atoms with Crippen LogP contribution in [0.4, 0.5) is 4.39 Å². The first-order chi connectivity index (χ1) is 12.2. The number of rotatable bonds is 4. The average Bonchev–Trinajstić information content (AvgIpc) is 3.07. The second-order valence-electron chi connectivity index (χ2n) is 6.93. The fourth-order valence-electron chi connectivity index (χ4n) is 3.76. The fraction of sp³-hybridized carbons (Fsp3) is 0.474. The molecule has 0 radical (unpaired) electrons. The maximum atomic E-state index is 13.3. The van der Waals surface area contributed by atoms with E-state index in [1.54, 1.807) is 18.3 Å². The number of ether oxygens (including phenoxy) is 1. The molecule has 1 amide bonds. The van der Waals surface area contributed by atoms with Crippen molar-refractivity contribution in [1.29, 1.82) is 0 Å². The second kappa shape index (κ2) is 6.96. The van der Waals surface area contributed by atoms with E-state index in [9.17, 15) is 9.18 Å². The van der Waals surface area contributed by atoms with Gasteiger partial charge in [-0.25, -0.2) is 4.39 Å². The van der Waals surface area contributed by atoms with E-state index in [4.69, 9.17) is 4.74 Å². The number of hydrogen-bond acceptors (Lipinski definition) is 3. The van der Waals surface area contributed by atoms with E-state index in [1.807, 2.05) is 27.9 Å². The summed E-state index contributed by atoms with van der Waals surface area (Å²) in [6.45, 7) is 2.49. The summed E-state index contributed by atoms with van der Waals surface area (Å²) in [6.07, 6.45) is 5.25. The molecule has 2 aromatic rings. The Balaban J connectivity index is 1.31. The molecule has 1 unspecified atom stereocenters. The van der Waals surface area contributed by atoms with Gasteiger partial charge < -0.3 is 9.64 Å². The fourth-order valence-corrected chi connectivity index (χ4v) is 3.76. The van der Waals surface area contributed by atoms with Gasteiger partial charge in [0.2, 0.25) is 5.91 Å². The molecule has 2 fully saturated rings. The molecule has 0 spiro atoms. The van der Waals surface area contributed by atoms with E-state index in [1.165, 1.54) is 6.07 Å². The van der Waals surface area contributed by atoms with Crippen LogP contribution in [0.2, 0.25) is 0 Å². The molecule has 2 aliphatic rings. The third kappa shape index (κ3) is 3.58. The van der Waals surface area contributed by atoms with Crippen molar-refractivity contribution in [1.82, 2.24) is 14.7 Å². The number of aromatic nitrogens is 2. The van der Waals surface area contributed by atoms with Gasteiger partial charge in [0.25, 0.3) is 0 Å². The molecule has 1 atom stereocenters. The summed E-state index contributed by atoms with van der Waals surface area (Å²) >= 11 is 0. The Hall–Kier alpha value is -2.21. The third-order valence-electron chi connectivity index (χ3n) is 5.21. The summed E-state index contributed by atoms with van der Waals surface area (Å²) in [6, 6.07) is 8.61. The van der Waals surface area contributed by atoms with E-state index in [0.717, 1.165) is 18.4 Å². The van der Waals surface area contributed by atoms with Gasteiger partial charge in [0.05, 0.1) is 19.3 Å². The molecule has 1 aliphatic heterocycles. The molecule has 25 heavy (non-hydrogen) atoms. The molecule has 1 saturated heterocycles. The zero-order valence-electron chi connectivity index (χ0n) is 14.1. The SMILES string of the molecule is O=C(C1CC(c2cccc(F)c2)C1)N1CCOC(Cn2cccn2)C1. The number of benzene rings is 1. The minimum atomic E-state index is -0.207. The van der Waals surface area contributed by atoms with Gasteiger partial charge >= 0.3 is 0 Å². The summed E-state index contributed by atoms with van der Waals surface area (Å²) < 4.78 is 20.9. The highest BCUT2D eigenvalue weighted by Crippen LogP contribution is 2.42. The highest BCUT2D eigenvalue weighted by molar-refractivity contribution is 5.80. The van der Waals surface area contributed by atoms with Gasteiger partial charge in [0.1, 0.15) is 5.82 Å². The van der Waals surface area contributed by atoms with E-state index in [0.29, 0.717) is 32.2 Å². The molecule has 1 aromatic carbocycles. The highest BCUT2D eigenvalue weighted by Gasteiger charge is 2.38. The minimum Gasteiger partial charge on any atom is -0.373 e. The summed E-state index contributed by atoms with van der Waals surface area (Å²) in [5, 5.41) is 4.20. The van der Waals surface area contributed by atoms with Crippen LogP contribution >= 0.6 is 0 Å². The quantitative estimate of drug-likeness (QED) is 0.857. The predicted molar refractivity (Wildman–Crippen MR) is 90.4 cm³/mol. The predicted octanol–water partition coefficient (Wildman–Crippen LogP) is 2.44. The van der Waals surface area contributed by atoms with Crippen molar-refractivity contribution in [3.05, 3.63) is 54.1 Å². The van der Waals surface area contributed by atoms with Gasteiger partial charge in [-0.2, -0.15) is 5.10 Å². The Morgan fingerprint density at radius 2 is 2.20 bits per heavy atom. The third-order valence-corrected chi connectivity index (χ3v) is 5.21. The van der Waals surface area contributed by atoms with Crippen LogP contribution in [0.1, 0.15) is 24.3 Å². The average molecular weight is 343 g/mol. The van der Waals surface area contributed by atoms with Crippen molar-refractivity contribution < 1.29 is 13.9 Å². The van der Waals surface area contributed by atoms with Crippen molar-refractivity contribution in [2.75, 3.05) is 19.7 Å². The van der Waals surface area contributed by atoms with Crippen LogP contribution < -0.4 is 0 Å². The van der Waals surface area contributed by atoms with Gasteiger partial charge in [-0.1, -0.05) is 12.1 Å². The number of carbonyl (C=O) groups is 1. The summed E-state index contributed by atoms with van der Waals surface area (Å²) in [7, 11) is 0. The summed E-state index contributed by atoms with van der Waals surface area (Å²) in [5.74, 6) is 0.352. The van der Waals surface area contributed by atoms with E-state index in [2.05, 4.69) is 5.10 Å². The molecular formula is C19H22FN3O2. The molecule has 4 rings (SSSR count). The lowest BCUT2D eigenvalue weighted by molar-refractivity contribution is -0.146. The van der Waals surface area contributed by atoms with Crippen LogP contribution in [0.5, 0.6) is 0 Å². The van der Waals surface area contributed by atoms with Crippen molar-refractivity contribution in [2.24, 2.45) is 5.92 Å². The van der Waals surface area contributed by atoms with Gasteiger partial charge in [-0.15, -0.1) is 0 Å². The zero-order valence-corrected chi connectivity index (χ0v) is 14.1. The molecule has 1 aliphatic carbocycles. The number of carbonyl (C=O) groups excluding carboxylic acids is 1. The molecule has 6 heteroatoms. The van der Waals surface area contributed by atoms with Crippen LogP contribution in [-0.2, 0) is 16.1 Å². The topological polar surface area (TPSA) is 47.4 Å². The first-order valence-electron chi connectivity index (χ1n) is 8.82. The number of halogens is 1. The van der Waals surface area contributed by atoms with Crippen LogP contribution in [0.15, 0.2) is 42.7 Å². The van der Waals surface area contributed by atoms with Gasteiger partial charge in [0.15, 0.2) is 0 Å². The van der Waals surface area contributed by atoms with Crippen molar-refractivity contribution in [3.63, 3.8) is 0 Å².